The van der Waals surface area contributed by atoms with Crippen LogP contribution in [0.25, 0.3) is 22.0 Å². The van der Waals surface area contributed by atoms with Crippen LogP contribution < -0.4 is 5.56 Å². The third kappa shape index (κ3) is 4.42. The van der Waals surface area contributed by atoms with Gasteiger partial charge in [0.05, 0.1) is 16.9 Å². The van der Waals surface area contributed by atoms with Crippen molar-refractivity contribution in [1.82, 2.24) is 19.4 Å². The third-order valence-electron chi connectivity index (χ3n) is 6.51. The highest BCUT2D eigenvalue weighted by molar-refractivity contribution is 5.83. The molecule has 1 saturated heterocycles. The number of benzene rings is 1. The minimum atomic E-state index is 0.0722. The van der Waals surface area contributed by atoms with Crippen molar-refractivity contribution >= 4 is 10.9 Å². The maximum Gasteiger partial charge on any atom is 0.261 e. The van der Waals surface area contributed by atoms with E-state index in [0.29, 0.717) is 23.8 Å². The summed E-state index contributed by atoms with van der Waals surface area (Å²) in [5.74, 6) is 2.27. The van der Waals surface area contributed by atoms with Crippen molar-refractivity contribution in [3.8, 4) is 11.1 Å². The molecule has 3 heterocycles. The molecule has 3 atom stereocenters. The predicted molar refractivity (Wildman–Crippen MR) is 127 cm³/mol. The molecule has 1 aliphatic heterocycles. The Morgan fingerprint density at radius 3 is 2.39 bits per heavy atom. The molecule has 0 saturated carbocycles. The maximum absolute atomic E-state index is 13.4. The van der Waals surface area contributed by atoms with Gasteiger partial charge in [0.1, 0.15) is 5.82 Å². The molecule has 1 aromatic carbocycles. The highest BCUT2D eigenvalue weighted by Gasteiger charge is 2.30. The van der Waals surface area contributed by atoms with Gasteiger partial charge >= 0.3 is 0 Å². The molecule has 31 heavy (non-hydrogen) atoms. The second-order valence-electron chi connectivity index (χ2n) is 9.19. The molecule has 2 aromatic heterocycles. The van der Waals surface area contributed by atoms with Gasteiger partial charge < -0.3 is 0 Å². The summed E-state index contributed by atoms with van der Waals surface area (Å²) in [6.45, 7) is 11.7. The van der Waals surface area contributed by atoms with Gasteiger partial charge in [0, 0.05) is 32.0 Å². The fourth-order valence-corrected chi connectivity index (χ4v) is 5.24. The first kappa shape index (κ1) is 21.7. The van der Waals surface area contributed by atoms with Crippen molar-refractivity contribution in [3.05, 3.63) is 58.9 Å². The average Bonchev–Trinajstić information content (AvgIpc) is 2.77. The quantitative estimate of drug-likeness (QED) is 0.545. The van der Waals surface area contributed by atoms with Crippen LogP contribution in [0.4, 0.5) is 0 Å². The largest absolute Gasteiger partial charge is 0.295 e. The lowest BCUT2D eigenvalue weighted by Crippen LogP contribution is -2.43. The van der Waals surface area contributed by atoms with Crippen molar-refractivity contribution < 1.29 is 0 Å². The Kier molecular flexibility index (Phi) is 6.51. The van der Waals surface area contributed by atoms with Gasteiger partial charge in [-0.15, -0.1) is 0 Å². The van der Waals surface area contributed by atoms with E-state index in [9.17, 15) is 4.79 Å². The minimum Gasteiger partial charge on any atom is -0.295 e. The Hall–Kier alpha value is -2.53. The molecule has 0 N–H and O–H groups in total. The number of piperidine rings is 1. The van der Waals surface area contributed by atoms with E-state index in [1.165, 1.54) is 6.42 Å². The number of pyridine rings is 1. The Balaban J connectivity index is 1.85. The molecule has 0 bridgehead atoms. The van der Waals surface area contributed by atoms with Gasteiger partial charge in [0.25, 0.3) is 5.56 Å². The summed E-state index contributed by atoms with van der Waals surface area (Å²) < 4.78 is 1.90. The second-order valence-corrected chi connectivity index (χ2v) is 9.19. The molecule has 164 valence electrons. The first-order valence-electron chi connectivity index (χ1n) is 11.7. The van der Waals surface area contributed by atoms with E-state index in [0.717, 1.165) is 48.4 Å². The monoisotopic (exact) mass is 418 g/mol. The molecule has 0 spiro atoms. The van der Waals surface area contributed by atoms with E-state index in [1.807, 2.05) is 35.8 Å². The molecule has 1 unspecified atom stereocenters. The summed E-state index contributed by atoms with van der Waals surface area (Å²) in [6, 6.07) is 10.2. The number of hydrogen-bond donors (Lipinski definition) is 0. The normalized spacial score (nSPS) is 20.8. The van der Waals surface area contributed by atoms with Gasteiger partial charge in [0.2, 0.25) is 0 Å². The highest BCUT2D eigenvalue weighted by atomic mass is 16.1. The Bertz CT molecular complexity index is 1080. The van der Waals surface area contributed by atoms with Crippen LogP contribution in [-0.2, 0) is 6.54 Å². The summed E-state index contributed by atoms with van der Waals surface area (Å²) in [6.07, 6.45) is 6.95. The average molecular weight is 419 g/mol. The molecule has 0 radical (unpaired) electrons. The van der Waals surface area contributed by atoms with Crippen LogP contribution in [0.3, 0.4) is 0 Å². The predicted octanol–water partition coefficient (Wildman–Crippen LogP) is 5.30. The second kappa shape index (κ2) is 9.31. The van der Waals surface area contributed by atoms with E-state index in [2.05, 4.69) is 36.7 Å². The topological polar surface area (TPSA) is 51.0 Å². The number of fused-ring (bicyclic) bond motifs is 1. The summed E-state index contributed by atoms with van der Waals surface area (Å²) in [4.78, 5) is 25.3. The molecule has 0 aliphatic carbocycles. The Labute approximate surface area is 185 Å². The van der Waals surface area contributed by atoms with Gasteiger partial charge in [0.15, 0.2) is 0 Å². The lowest BCUT2D eigenvalue weighted by molar-refractivity contribution is 0.0836. The Morgan fingerprint density at radius 1 is 1.03 bits per heavy atom. The van der Waals surface area contributed by atoms with Crippen LogP contribution in [0.2, 0.25) is 0 Å². The number of aromatic nitrogens is 3. The molecule has 1 fully saturated rings. The molecule has 1 aliphatic rings. The summed E-state index contributed by atoms with van der Waals surface area (Å²) in [7, 11) is 0. The van der Waals surface area contributed by atoms with Crippen LogP contribution in [0.15, 0.2) is 47.5 Å². The van der Waals surface area contributed by atoms with E-state index in [1.54, 1.807) is 12.4 Å². The van der Waals surface area contributed by atoms with Crippen molar-refractivity contribution in [1.29, 1.82) is 0 Å². The van der Waals surface area contributed by atoms with Crippen LogP contribution in [0, 0.1) is 11.8 Å². The highest BCUT2D eigenvalue weighted by Crippen LogP contribution is 2.32. The zero-order valence-electron chi connectivity index (χ0n) is 19.2. The Morgan fingerprint density at radius 2 is 1.74 bits per heavy atom. The van der Waals surface area contributed by atoms with Crippen LogP contribution in [-0.4, -0.2) is 32.5 Å². The van der Waals surface area contributed by atoms with Crippen LogP contribution in [0.1, 0.15) is 58.8 Å². The molecule has 4 rings (SSSR count). The molecular weight excluding hydrogens is 384 g/mol. The standard InChI is InChI=1S/C26H34N4O/c1-5-7-24(29-16-18(3)14-19(4)17-29)25-28-23-15-21(20-10-12-27-13-11-20)8-9-22(23)26(31)30(25)6-2/h8-13,15,18-19,24H,5-7,14,16-17H2,1-4H3/t18-,19+,24?. The lowest BCUT2D eigenvalue weighted by Gasteiger charge is -2.40. The van der Waals surface area contributed by atoms with Crippen molar-refractivity contribution in [2.24, 2.45) is 11.8 Å². The molecular formula is C26H34N4O. The molecule has 3 aromatic rings. The van der Waals surface area contributed by atoms with E-state index < -0.39 is 0 Å². The van der Waals surface area contributed by atoms with Crippen molar-refractivity contribution in [2.75, 3.05) is 13.1 Å². The lowest BCUT2D eigenvalue weighted by atomic mass is 9.90. The molecule has 0 amide bonds. The fraction of sp³-hybridized carbons (Fsp3) is 0.500. The summed E-state index contributed by atoms with van der Waals surface area (Å²) >= 11 is 0. The molecule has 5 heteroatoms. The summed E-state index contributed by atoms with van der Waals surface area (Å²) in [5.41, 5.74) is 3.01. The first-order valence-corrected chi connectivity index (χ1v) is 11.7. The maximum atomic E-state index is 13.4. The van der Waals surface area contributed by atoms with Gasteiger partial charge in [-0.25, -0.2) is 4.98 Å². The van der Waals surface area contributed by atoms with Crippen molar-refractivity contribution in [3.63, 3.8) is 0 Å². The van der Waals surface area contributed by atoms with Gasteiger partial charge in [-0.05, 0) is 67.0 Å². The van der Waals surface area contributed by atoms with Crippen molar-refractivity contribution in [2.45, 2.75) is 59.5 Å². The van der Waals surface area contributed by atoms with E-state index in [-0.39, 0.29) is 11.6 Å². The zero-order valence-corrected chi connectivity index (χ0v) is 19.2. The SMILES string of the molecule is CCCC(c1nc2cc(-c3ccncc3)ccc2c(=O)n1CC)N1C[C@H](C)C[C@H](C)C1. The smallest absolute Gasteiger partial charge is 0.261 e. The van der Waals surface area contributed by atoms with Gasteiger partial charge in [-0.1, -0.05) is 33.3 Å². The van der Waals surface area contributed by atoms with E-state index in [4.69, 9.17) is 4.98 Å². The number of likely N-dealkylation sites (tertiary alicyclic amines) is 1. The number of rotatable bonds is 6. The number of nitrogens with zero attached hydrogens (tertiary/aromatic N) is 4. The first-order chi connectivity index (χ1) is 15.0. The fourth-order valence-electron chi connectivity index (χ4n) is 5.24. The third-order valence-corrected chi connectivity index (χ3v) is 6.51. The molecule has 5 nitrogen and oxygen atoms in total. The minimum absolute atomic E-state index is 0.0722. The van der Waals surface area contributed by atoms with Gasteiger partial charge in [-0.2, -0.15) is 0 Å². The van der Waals surface area contributed by atoms with E-state index >= 15 is 0 Å². The van der Waals surface area contributed by atoms with Crippen LogP contribution in [0.5, 0.6) is 0 Å². The number of hydrogen-bond acceptors (Lipinski definition) is 4. The zero-order chi connectivity index (χ0) is 22.0. The van der Waals surface area contributed by atoms with Crippen LogP contribution >= 0.6 is 0 Å². The van der Waals surface area contributed by atoms with Gasteiger partial charge in [-0.3, -0.25) is 19.2 Å². The summed E-state index contributed by atoms with van der Waals surface area (Å²) in [5, 5.41) is 0.694.